The zero-order valence-corrected chi connectivity index (χ0v) is 13.1. The van der Waals surface area contributed by atoms with Crippen molar-refractivity contribution in [2.24, 2.45) is 0 Å². The van der Waals surface area contributed by atoms with E-state index < -0.39 is 0 Å². The van der Waals surface area contributed by atoms with Gasteiger partial charge in [-0.1, -0.05) is 0 Å². The first-order valence-corrected chi connectivity index (χ1v) is 7.01. The van der Waals surface area contributed by atoms with Gasteiger partial charge in [-0.05, 0) is 18.2 Å². The zero-order chi connectivity index (χ0) is 17.1. The SMILES string of the molecule is COc1ccc(C(=O)n2nc(-c3cncnc3)cc2N)cc1OC. The fourth-order valence-corrected chi connectivity index (χ4v) is 2.22. The Balaban J connectivity index is 1.98. The Kier molecular flexibility index (Phi) is 4.11. The smallest absolute Gasteiger partial charge is 0.280 e. The molecule has 0 aliphatic carbocycles. The summed E-state index contributed by atoms with van der Waals surface area (Å²) in [6.45, 7) is 0. The lowest BCUT2D eigenvalue weighted by atomic mass is 10.2. The van der Waals surface area contributed by atoms with Gasteiger partial charge < -0.3 is 15.2 Å². The number of benzene rings is 1. The third-order valence-electron chi connectivity index (χ3n) is 3.42. The molecule has 2 aromatic heterocycles. The summed E-state index contributed by atoms with van der Waals surface area (Å²) in [7, 11) is 3.03. The van der Waals surface area contributed by atoms with Gasteiger partial charge in [0, 0.05) is 29.6 Å². The molecule has 0 aliphatic heterocycles. The van der Waals surface area contributed by atoms with Crippen molar-refractivity contribution in [1.29, 1.82) is 0 Å². The number of carbonyl (C=O) groups is 1. The first kappa shape index (κ1) is 15.5. The van der Waals surface area contributed by atoms with E-state index in [4.69, 9.17) is 15.2 Å². The molecule has 0 saturated heterocycles. The highest BCUT2D eigenvalue weighted by molar-refractivity contribution is 5.98. The minimum Gasteiger partial charge on any atom is -0.493 e. The van der Waals surface area contributed by atoms with Gasteiger partial charge in [-0.3, -0.25) is 4.79 Å². The highest BCUT2D eigenvalue weighted by Gasteiger charge is 2.17. The summed E-state index contributed by atoms with van der Waals surface area (Å²) in [4.78, 5) is 20.5. The molecular weight excluding hydrogens is 310 g/mol. The molecule has 0 spiro atoms. The number of methoxy groups -OCH3 is 2. The van der Waals surface area contributed by atoms with Crippen molar-refractivity contribution in [3.63, 3.8) is 0 Å². The quantitative estimate of drug-likeness (QED) is 0.777. The predicted molar refractivity (Wildman–Crippen MR) is 86.9 cm³/mol. The zero-order valence-electron chi connectivity index (χ0n) is 13.1. The van der Waals surface area contributed by atoms with Crippen LogP contribution in [0, 0.1) is 0 Å². The Bertz CT molecular complexity index is 877. The molecule has 24 heavy (non-hydrogen) atoms. The van der Waals surface area contributed by atoms with Crippen LogP contribution in [0.2, 0.25) is 0 Å². The van der Waals surface area contributed by atoms with Gasteiger partial charge in [-0.15, -0.1) is 0 Å². The molecule has 0 atom stereocenters. The maximum Gasteiger partial charge on any atom is 0.280 e. The Hall–Kier alpha value is -3.42. The lowest BCUT2D eigenvalue weighted by Gasteiger charge is -2.09. The number of carbonyl (C=O) groups excluding carboxylic acids is 1. The maximum absolute atomic E-state index is 12.7. The molecule has 0 unspecified atom stereocenters. The van der Waals surface area contributed by atoms with E-state index in [-0.39, 0.29) is 11.7 Å². The molecule has 0 saturated carbocycles. The number of ether oxygens (including phenoxy) is 2. The normalized spacial score (nSPS) is 10.4. The van der Waals surface area contributed by atoms with Crippen LogP contribution in [0.1, 0.15) is 10.4 Å². The van der Waals surface area contributed by atoms with E-state index in [1.54, 1.807) is 36.7 Å². The van der Waals surface area contributed by atoms with Gasteiger partial charge >= 0.3 is 0 Å². The van der Waals surface area contributed by atoms with E-state index in [0.29, 0.717) is 28.3 Å². The van der Waals surface area contributed by atoms with E-state index in [9.17, 15) is 4.79 Å². The Morgan fingerprint density at radius 3 is 2.46 bits per heavy atom. The lowest BCUT2D eigenvalue weighted by Crippen LogP contribution is -2.16. The monoisotopic (exact) mass is 325 g/mol. The van der Waals surface area contributed by atoms with Gasteiger partial charge in [0.2, 0.25) is 0 Å². The molecule has 0 amide bonds. The van der Waals surface area contributed by atoms with Gasteiger partial charge in [0.15, 0.2) is 11.5 Å². The van der Waals surface area contributed by atoms with Crippen LogP contribution in [0.5, 0.6) is 11.5 Å². The van der Waals surface area contributed by atoms with Gasteiger partial charge in [0.25, 0.3) is 5.91 Å². The van der Waals surface area contributed by atoms with E-state index in [1.807, 2.05) is 0 Å². The molecule has 0 radical (unpaired) electrons. The predicted octanol–water partition coefficient (Wildman–Crippen LogP) is 1.63. The number of aromatic nitrogens is 4. The summed E-state index contributed by atoms with van der Waals surface area (Å²) in [6, 6.07) is 6.44. The van der Waals surface area contributed by atoms with E-state index in [0.717, 1.165) is 4.68 Å². The Morgan fingerprint density at radius 2 is 1.79 bits per heavy atom. The van der Waals surface area contributed by atoms with Crippen molar-refractivity contribution in [2.75, 3.05) is 20.0 Å². The number of rotatable bonds is 4. The average molecular weight is 325 g/mol. The van der Waals surface area contributed by atoms with Crippen LogP contribution in [0.15, 0.2) is 43.0 Å². The molecule has 1 aromatic carbocycles. The fourth-order valence-electron chi connectivity index (χ4n) is 2.22. The van der Waals surface area contributed by atoms with Crippen molar-refractivity contribution in [2.45, 2.75) is 0 Å². The molecule has 8 nitrogen and oxygen atoms in total. The van der Waals surface area contributed by atoms with Crippen LogP contribution in [0.25, 0.3) is 11.3 Å². The van der Waals surface area contributed by atoms with Gasteiger partial charge in [-0.2, -0.15) is 9.78 Å². The van der Waals surface area contributed by atoms with Crippen LogP contribution >= 0.6 is 0 Å². The third-order valence-corrected chi connectivity index (χ3v) is 3.42. The summed E-state index contributed by atoms with van der Waals surface area (Å²) in [5.41, 5.74) is 7.49. The summed E-state index contributed by atoms with van der Waals surface area (Å²) in [5.74, 6) is 0.820. The van der Waals surface area contributed by atoms with Gasteiger partial charge in [-0.25, -0.2) is 9.97 Å². The Labute approximate surface area is 137 Å². The first-order chi connectivity index (χ1) is 11.6. The third kappa shape index (κ3) is 2.76. The summed E-state index contributed by atoms with van der Waals surface area (Å²) < 4.78 is 11.5. The topological polar surface area (TPSA) is 105 Å². The molecule has 8 heteroatoms. The van der Waals surface area contributed by atoms with Crippen LogP contribution in [-0.2, 0) is 0 Å². The molecule has 2 heterocycles. The van der Waals surface area contributed by atoms with E-state index >= 15 is 0 Å². The lowest BCUT2D eigenvalue weighted by molar-refractivity contribution is 0.0948. The van der Waals surface area contributed by atoms with Gasteiger partial charge in [0.1, 0.15) is 12.1 Å². The van der Waals surface area contributed by atoms with E-state index in [2.05, 4.69) is 15.1 Å². The minimum atomic E-state index is -0.378. The highest BCUT2D eigenvalue weighted by atomic mass is 16.5. The van der Waals surface area contributed by atoms with Crippen LogP contribution in [-0.4, -0.2) is 39.9 Å². The standard InChI is InChI=1S/C16H15N5O3/c1-23-13-4-3-10(5-14(13)24-2)16(22)21-15(17)6-12(20-21)11-7-18-9-19-8-11/h3-9H,17H2,1-2H3. The second kappa shape index (κ2) is 6.37. The summed E-state index contributed by atoms with van der Waals surface area (Å²) in [6.07, 6.45) is 4.61. The van der Waals surface area contributed by atoms with Crippen molar-refractivity contribution >= 4 is 11.7 Å². The summed E-state index contributed by atoms with van der Waals surface area (Å²) >= 11 is 0. The molecule has 3 aromatic rings. The molecule has 122 valence electrons. The number of nitrogens with zero attached hydrogens (tertiary/aromatic N) is 4. The van der Waals surface area contributed by atoms with Crippen molar-refractivity contribution in [3.05, 3.63) is 48.5 Å². The molecule has 0 bridgehead atoms. The minimum absolute atomic E-state index is 0.216. The number of hydrogen-bond donors (Lipinski definition) is 1. The van der Waals surface area contributed by atoms with Gasteiger partial charge in [0.05, 0.1) is 19.9 Å². The average Bonchev–Trinajstić information content (AvgIpc) is 3.03. The van der Waals surface area contributed by atoms with E-state index in [1.165, 1.54) is 20.5 Å². The van der Waals surface area contributed by atoms with Crippen LogP contribution in [0.4, 0.5) is 5.82 Å². The van der Waals surface area contributed by atoms with Crippen molar-refractivity contribution in [3.8, 4) is 22.8 Å². The summed E-state index contributed by atoms with van der Waals surface area (Å²) in [5, 5.41) is 4.24. The fraction of sp³-hybridized carbons (Fsp3) is 0.125. The van der Waals surface area contributed by atoms with Crippen LogP contribution < -0.4 is 15.2 Å². The molecule has 0 fully saturated rings. The number of hydrogen-bond acceptors (Lipinski definition) is 7. The molecule has 0 aliphatic rings. The second-order valence-electron chi connectivity index (χ2n) is 4.87. The second-order valence-corrected chi connectivity index (χ2v) is 4.87. The highest BCUT2D eigenvalue weighted by Crippen LogP contribution is 2.28. The van der Waals surface area contributed by atoms with Crippen molar-refractivity contribution < 1.29 is 14.3 Å². The molecular formula is C16H15N5O3. The molecule has 2 N–H and O–H groups in total. The maximum atomic E-state index is 12.7. The number of nitrogen functional groups attached to an aromatic ring is 1. The Morgan fingerprint density at radius 1 is 1.08 bits per heavy atom. The van der Waals surface area contributed by atoms with Crippen molar-refractivity contribution in [1.82, 2.24) is 19.7 Å². The number of anilines is 1. The largest absolute Gasteiger partial charge is 0.493 e. The molecule has 3 rings (SSSR count). The first-order valence-electron chi connectivity index (χ1n) is 7.01. The number of nitrogens with two attached hydrogens (primary N) is 1. The van der Waals surface area contributed by atoms with Crippen LogP contribution in [0.3, 0.4) is 0 Å².